The van der Waals surface area contributed by atoms with Gasteiger partial charge in [-0.25, -0.2) is 0 Å². The van der Waals surface area contributed by atoms with E-state index >= 15 is 0 Å². The Hall–Kier alpha value is -4.42. The number of rotatable bonds is 8. The van der Waals surface area contributed by atoms with Gasteiger partial charge in [0.2, 0.25) is 0 Å². The first kappa shape index (κ1) is 25.7. The van der Waals surface area contributed by atoms with Gasteiger partial charge in [-0.3, -0.25) is 14.0 Å². The van der Waals surface area contributed by atoms with E-state index in [0.29, 0.717) is 26.2 Å². The summed E-state index contributed by atoms with van der Waals surface area (Å²) in [5.74, 6) is 0. The van der Waals surface area contributed by atoms with Gasteiger partial charge in [-0.2, -0.15) is 12.1 Å². The van der Waals surface area contributed by atoms with Crippen LogP contribution in [-0.2, 0) is 46.3 Å². The number of hydrogen-bond acceptors (Lipinski definition) is 9. The van der Waals surface area contributed by atoms with Crippen molar-refractivity contribution in [2.24, 2.45) is 0 Å². The maximum atomic E-state index is 4.21. The molecule has 6 aromatic heterocycles. The van der Waals surface area contributed by atoms with Crippen molar-refractivity contribution in [2.75, 3.05) is 0 Å². The molecule has 0 aliphatic heterocycles. The molecule has 6 aromatic rings. The fourth-order valence-corrected chi connectivity index (χ4v) is 3.30. The Bertz CT molecular complexity index is 1220. The van der Waals surface area contributed by atoms with E-state index in [1.54, 1.807) is 76.0 Å². The molecule has 0 saturated heterocycles. The summed E-state index contributed by atoms with van der Waals surface area (Å²) < 4.78 is 7.05. The average molecular weight is 671 g/mol. The van der Waals surface area contributed by atoms with Gasteiger partial charge >= 0.3 is 20.1 Å². The third-order valence-corrected chi connectivity index (χ3v) is 4.82. The molecule has 0 amide bonds. The zero-order valence-electron chi connectivity index (χ0n) is 19.4. The first-order valence-corrected chi connectivity index (χ1v) is 10.9. The number of aromatic nitrogens is 13. The van der Waals surface area contributed by atoms with Crippen molar-refractivity contribution >= 4 is 0 Å². The van der Waals surface area contributed by atoms with Crippen LogP contribution in [0.2, 0.25) is 0 Å². The van der Waals surface area contributed by atoms with Gasteiger partial charge < -0.3 is 19.5 Å². The third kappa shape index (κ3) is 7.78. The normalized spacial score (nSPS) is 10.4. The van der Waals surface area contributed by atoms with Crippen molar-refractivity contribution in [2.45, 2.75) is 26.2 Å². The van der Waals surface area contributed by atoms with Crippen molar-refractivity contribution in [3.8, 4) is 0 Å². The zero-order chi connectivity index (χ0) is 24.4. The number of hydrogen-bond donors (Lipinski definition) is 0. The number of pyridine rings is 2. The molecular formula is C23H20IrN13. The molecule has 0 radical (unpaired) electrons. The molecule has 0 spiro atoms. The van der Waals surface area contributed by atoms with Gasteiger partial charge in [-0.15, -0.1) is 49.9 Å². The first-order chi connectivity index (χ1) is 17.8. The second-order valence-corrected chi connectivity index (χ2v) is 7.62. The molecule has 0 aliphatic carbocycles. The monoisotopic (exact) mass is 671 g/mol. The number of nitrogens with zero attached hydrogens (tertiary/aromatic N) is 13. The van der Waals surface area contributed by atoms with E-state index in [4.69, 9.17) is 0 Å². The molecule has 0 fully saturated rings. The molecule has 0 unspecified atom stereocenters. The molecule has 0 saturated carbocycles. The van der Waals surface area contributed by atoms with Crippen molar-refractivity contribution < 1.29 is 20.1 Å². The van der Waals surface area contributed by atoms with Gasteiger partial charge in [0, 0.05) is 51.1 Å². The van der Waals surface area contributed by atoms with E-state index in [2.05, 4.69) is 64.3 Å². The van der Waals surface area contributed by atoms with Crippen LogP contribution in [-0.4, -0.2) is 64.5 Å². The molecule has 0 atom stereocenters. The van der Waals surface area contributed by atoms with Crippen LogP contribution in [0.15, 0.2) is 74.4 Å². The van der Waals surface area contributed by atoms with Gasteiger partial charge in [0.05, 0.1) is 18.6 Å². The second-order valence-electron chi connectivity index (χ2n) is 7.62. The van der Waals surface area contributed by atoms with Crippen LogP contribution >= 0.6 is 0 Å². The van der Waals surface area contributed by atoms with Crippen LogP contribution in [0.1, 0.15) is 22.3 Å². The molecule has 0 bridgehead atoms. The van der Waals surface area contributed by atoms with Gasteiger partial charge in [-0.05, 0) is 0 Å². The van der Waals surface area contributed by atoms with Gasteiger partial charge in [-0.1, -0.05) is 40.4 Å². The summed E-state index contributed by atoms with van der Waals surface area (Å²) in [6.45, 7) is 2.50. The minimum Gasteiger partial charge on any atom is -0.452 e. The standard InChI is InChI=1S/C12H10N6.C11H10N7.Ir/c1-3-17(10-13-1)8-11-5-12(7-14-6-11)9-18-4-2-15-16-18;1-3-17(15-13-1)8-10-5-11(7-12-6-10)9-18-4-2-14-16-18;/h2*1-4,6-7H,8-9H2;/q-2;-1;+3. The smallest absolute Gasteiger partial charge is 0.452 e. The largest absolute Gasteiger partial charge is 3.00 e. The Morgan fingerprint density at radius 3 is 1.32 bits per heavy atom. The molecule has 13 nitrogen and oxygen atoms in total. The SMILES string of the molecule is [Ir+3].[c-]1c(Cn2[c-]ncc2)cncc1Cn1ccnn1.[c-]1c(Cn2ccnn2)cncc1Cn1ccnn1. The van der Waals surface area contributed by atoms with E-state index in [9.17, 15) is 0 Å². The van der Waals surface area contributed by atoms with E-state index in [1.807, 2.05) is 17.0 Å². The van der Waals surface area contributed by atoms with Crippen LogP contribution in [0.4, 0.5) is 0 Å². The van der Waals surface area contributed by atoms with Crippen LogP contribution in [0.3, 0.4) is 0 Å². The predicted molar refractivity (Wildman–Crippen MR) is 124 cm³/mol. The Kier molecular flexibility index (Phi) is 9.05. The Morgan fingerprint density at radius 1 is 0.541 bits per heavy atom. The summed E-state index contributed by atoms with van der Waals surface area (Å²) in [7, 11) is 0. The topological polar surface area (TPSA) is 136 Å². The van der Waals surface area contributed by atoms with Crippen molar-refractivity contribution in [3.05, 3.63) is 115 Å². The van der Waals surface area contributed by atoms with E-state index in [-0.39, 0.29) is 20.1 Å². The van der Waals surface area contributed by atoms with Crippen molar-refractivity contribution in [3.63, 3.8) is 0 Å². The van der Waals surface area contributed by atoms with Gasteiger partial charge in [0.15, 0.2) is 0 Å². The van der Waals surface area contributed by atoms with Crippen molar-refractivity contribution in [1.29, 1.82) is 0 Å². The maximum Gasteiger partial charge on any atom is 3.00 e. The first-order valence-electron chi connectivity index (χ1n) is 10.9. The third-order valence-electron chi connectivity index (χ3n) is 4.82. The van der Waals surface area contributed by atoms with Crippen LogP contribution in [0.5, 0.6) is 0 Å². The summed E-state index contributed by atoms with van der Waals surface area (Å²) in [6, 6.07) is 6.58. The van der Waals surface area contributed by atoms with E-state index < -0.39 is 0 Å². The Labute approximate surface area is 225 Å². The summed E-state index contributed by atoms with van der Waals surface area (Å²) >= 11 is 0. The van der Waals surface area contributed by atoms with Gasteiger partial charge in [0.1, 0.15) is 0 Å². The predicted octanol–water partition coefficient (Wildman–Crippen LogP) is 0.725. The molecule has 6 rings (SSSR count). The second kappa shape index (κ2) is 13.0. The molecule has 14 heteroatoms. The minimum absolute atomic E-state index is 0. The van der Waals surface area contributed by atoms with E-state index in [0.717, 1.165) is 22.3 Å². The molecule has 0 aromatic carbocycles. The molecule has 37 heavy (non-hydrogen) atoms. The maximum absolute atomic E-state index is 4.21. The molecule has 6 heterocycles. The van der Waals surface area contributed by atoms with Gasteiger partial charge in [0.25, 0.3) is 0 Å². The number of imidazole rings is 1. The van der Waals surface area contributed by atoms with Crippen LogP contribution in [0, 0.1) is 18.5 Å². The minimum atomic E-state index is 0. The van der Waals surface area contributed by atoms with Crippen LogP contribution in [0.25, 0.3) is 0 Å². The summed E-state index contributed by atoms with van der Waals surface area (Å²) in [5, 5.41) is 23.0. The summed E-state index contributed by atoms with van der Waals surface area (Å²) in [5.41, 5.74) is 3.87. The molecule has 0 N–H and O–H groups in total. The summed E-state index contributed by atoms with van der Waals surface area (Å²) in [6.07, 6.45) is 23.9. The zero-order valence-corrected chi connectivity index (χ0v) is 21.8. The Morgan fingerprint density at radius 2 is 0.973 bits per heavy atom. The Balaban J connectivity index is 0.000000168. The fourth-order valence-electron chi connectivity index (χ4n) is 3.30. The summed E-state index contributed by atoms with van der Waals surface area (Å²) in [4.78, 5) is 12.3. The van der Waals surface area contributed by atoms with Crippen LogP contribution < -0.4 is 0 Å². The molecule has 186 valence electrons. The molecular weight excluding hydrogens is 651 g/mol. The quantitative estimate of drug-likeness (QED) is 0.215. The van der Waals surface area contributed by atoms with Crippen molar-refractivity contribution in [1.82, 2.24) is 64.5 Å². The van der Waals surface area contributed by atoms with E-state index in [1.165, 1.54) is 0 Å². The average Bonchev–Trinajstić information content (AvgIpc) is 3.70. The molecule has 0 aliphatic rings. The fraction of sp³-hybridized carbons (Fsp3) is 0.174.